The van der Waals surface area contributed by atoms with E-state index in [1.807, 2.05) is 51.1 Å². The van der Waals surface area contributed by atoms with Crippen LogP contribution in [-0.4, -0.2) is 66.2 Å². The molecule has 1 aliphatic rings. The summed E-state index contributed by atoms with van der Waals surface area (Å²) in [5, 5.41) is 33.2. The number of benzene rings is 2. The van der Waals surface area contributed by atoms with E-state index >= 15 is 0 Å². The van der Waals surface area contributed by atoms with Crippen LogP contribution in [-0.2, 0) is 4.79 Å². The van der Waals surface area contributed by atoms with Gasteiger partial charge in [-0.1, -0.05) is 19.8 Å². The Balaban J connectivity index is 2.05. The van der Waals surface area contributed by atoms with E-state index in [0.29, 0.717) is 36.5 Å². The van der Waals surface area contributed by atoms with E-state index < -0.39 is 0 Å². The summed E-state index contributed by atoms with van der Waals surface area (Å²) in [6.07, 6.45) is 4.75. The van der Waals surface area contributed by atoms with Gasteiger partial charge in [-0.2, -0.15) is 0 Å². The van der Waals surface area contributed by atoms with Crippen molar-refractivity contribution < 1.29 is 20.1 Å². The average Bonchev–Trinajstić information content (AvgIpc) is 2.95. The SMILES string of the molecule is CCCCCC1=C(Nc2ccc(N(CC)CCO)cc2C)C(=O)C=C(O)/C1=N/c1ccc(N(CC)CCO)cc1C. The van der Waals surface area contributed by atoms with E-state index in [0.717, 1.165) is 66.2 Å². The van der Waals surface area contributed by atoms with Crippen LogP contribution < -0.4 is 15.1 Å². The van der Waals surface area contributed by atoms with Gasteiger partial charge in [-0.25, -0.2) is 4.99 Å². The molecule has 0 heterocycles. The second-order valence-corrected chi connectivity index (χ2v) is 10.4. The summed E-state index contributed by atoms with van der Waals surface area (Å²) in [7, 11) is 0. The maximum atomic E-state index is 13.3. The molecular formula is C33H46N4O4. The van der Waals surface area contributed by atoms with E-state index in [1.54, 1.807) is 0 Å². The number of anilines is 3. The molecule has 1 aliphatic carbocycles. The molecule has 0 aromatic heterocycles. The zero-order valence-electron chi connectivity index (χ0n) is 25.2. The van der Waals surface area contributed by atoms with Gasteiger partial charge in [-0.15, -0.1) is 0 Å². The van der Waals surface area contributed by atoms with E-state index in [9.17, 15) is 20.1 Å². The lowest BCUT2D eigenvalue weighted by molar-refractivity contribution is -0.111. The van der Waals surface area contributed by atoms with Crippen LogP contribution in [0.4, 0.5) is 22.7 Å². The van der Waals surface area contributed by atoms with E-state index in [-0.39, 0.29) is 24.8 Å². The summed E-state index contributed by atoms with van der Waals surface area (Å²) in [5.41, 5.74) is 7.01. The van der Waals surface area contributed by atoms with Crippen molar-refractivity contribution in [2.24, 2.45) is 4.99 Å². The Morgan fingerprint density at radius 2 is 1.46 bits per heavy atom. The monoisotopic (exact) mass is 562 g/mol. The lowest BCUT2D eigenvalue weighted by Crippen LogP contribution is -2.26. The molecule has 4 N–H and O–H groups in total. The molecule has 0 unspecified atom stereocenters. The first kappa shape index (κ1) is 31.9. The van der Waals surface area contributed by atoms with E-state index in [1.165, 1.54) is 6.08 Å². The van der Waals surface area contributed by atoms with Crippen molar-refractivity contribution in [1.29, 1.82) is 0 Å². The summed E-state index contributed by atoms with van der Waals surface area (Å²) in [4.78, 5) is 22.4. The van der Waals surface area contributed by atoms with Gasteiger partial charge in [-0.05, 0) is 88.1 Å². The van der Waals surface area contributed by atoms with Crippen LogP contribution in [0.25, 0.3) is 0 Å². The van der Waals surface area contributed by atoms with E-state index in [2.05, 4.69) is 35.0 Å². The predicted octanol–water partition coefficient (Wildman–Crippen LogP) is 5.98. The topological polar surface area (TPSA) is 109 Å². The molecule has 0 aliphatic heterocycles. The van der Waals surface area contributed by atoms with Gasteiger partial charge >= 0.3 is 0 Å². The highest BCUT2D eigenvalue weighted by atomic mass is 16.3. The fraction of sp³-hybridized carbons (Fsp3) is 0.455. The number of hydrogen-bond donors (Lipinski definition) is 4. The third-order valence-electron chi connectivity index (χ3n) is 7.49. The molecule has 222 valence electrons. The van der Waals surface area contributed by atoms with Gasteiger partial charge in [0, 0.05) is 54.9 Å². The number of allylic oxidation sites excluding steroid dienone is 2. The predicted molar refractivity (Wildman–Crippen MR) is 170 cm³/mol. The number of aryl methyl sites for hydroxylation is 2. The molecule has 0 amide bonds. The van der Waals surface area contributed by atoms with Gasteiger partial charge in [0.25, 0.3) is 0 Å². The summed E-state index contributed by atoms with van der Waals surface area (Å²) >= 11 is 0. The number of nitrogens with zero attached hydrogens (tertiary/aromatic N) is 3. The first-order valence-corrected chi connectivity index (χ1v) is 14.7. The number of hydrogen-bond acceptors (Lipinski definition) is 8. The normalized spacial score (nSPS) is 14.5. The molecule has 0 saturated carbocycles. The fourth-order valence-electron chi connectivity index (χ4n) is 5.13. The molecule has 2 aromatic rings. The standard InChI is InChI=1S/C33H46N4O4/c1-6-9-10-11-27-32(34-28-14-12-25(20-23(28)4)36(7-2)16-18-38)30(40)22-31(41)33(27)35-29-15-13-26(21-24(29)5)37(8-3)17-19-39/h12-15,20-22,34,38-39,41H,6-11,16-19H2,1-5H3/b35-33+. The third-order valence-corrected chi connectivity index (χ3v) is 7.49. The minimum atomic E-state index is -0.276. The van der Waals surface area contributed by atoms with Gasteiger partial charge in [0.2, 0.25) is 5.78 Å². The Hall–Kier alpha value is -3.62. The zero-order valence-corrected chi connectivity index (χ0v) is 25.2. The largest absolute Gasteiger partial charge is 0.506 e. The van der Waals surface area contributed by atoms with Crippen LogP contribution in [0.1, 0.15) is 57.6 Å². The molecule has 2 aromatic carbocycles. The molecule has 0 saturated heterocycles. The quantitative estimate of drug-likeness (QED) is 0.156. The van der Waals surface area contributed by atoms with Crippen molar-refractivity contribution in [1.82, 2.24) is 0 Å². The number of likely N-dealkylation sites (N-methyl/N-ethyl adjacent to an activating group) is 2. The number of unbranched alkanes of at least 4 members (excludes halogenated alkanes) is 2. The minimum Gasteiger partial charge on any atom is -0.506 e. The minimum absolute atomic E-state index is 0.0764. The maximum absolute atomic E-state index is 13.3. The lowest BCUT2D eigenvalue weighted by atomic mass is 9.92. The maximum Gasteiger partial charge on any atom is 0.206 e. The van der Waals surface area contributed by atoms with Gasteiger partial charge in [0.15, 0.2) is 0 Å². The van der Waals surface area contributed by atoms with Crippen molar-refractivity contribution in [3.63, 3.8) is 0 Å². The van der Waals surface area contributed by atoms with Crippen LogP contribution in [0.15, 0.2) is 64.5 Å². The summed E-state index contributed by atoms with van der Waals surface area (Å²) < 4.78 is 0. The highest BCUT2D eigenvalue weighted by Gasteiger charge is 2.27. The first-order valence-electron chi connectivity index (χ1n) is 14.7. The number of ketones is 1. The molecule has 0 bridgehead atoms. The van der Waals surface area contributed by atoms with Crippen molar-refractivity contribution in [3.8, 4) is 0 Å². The number of aliphatic hydroxyl groups is 3. The van der Waals surface area contributed by atoms with Crippen molar-refractivity contribution >= 4 is 34.2 Å². The fourth-order valence-corrected chi connectivity index (χ4v) is 5.13. The Bertz CT molecular complexity index is 1300. The summed E-state index contributed by atoms with van der Waals surface area (Å²) in [6, 6.07) is 11.9. The smallest absolute Gasteiger partial charge is 0.206 e. The molecule has 0 fully saturated rings. The van der Waals surface area contributed by atoms with Crippen molar-refractivity contribution in [3.05, 3.63) is 70.6 Å². The van der Waals surface area contributed by atoms with Crippen LogP contribution >= 0.6 is 0 Å². The first-order chi connectivity index (χ1) is 19.8. The summed E-state index contributed by atoms with van der Waals surface area (Å²) in [6.45, 7) is 13.0. The molecule has 8 heteroatoms. The second kappa shape index (κ2) is 15.4. The highest BCUT2D eigenvalue weighted by molar-refractivity contribution is 6.25. The average molecular weight is 563 g/mol. The number of carbonyl (C=O) groups excluding carboxylic acids is 1. The number of aliphatic hydroxyl groups excluding tert-OH is 3. The zero-order chi connectivity index (χ0) is 29.9. The number of rotatable bonds is 15. The van der Waals surface area contributed by atoms with Crippen molar-refractivity contribution in [2.45, 2.75) is 60.3 Å². The molecule has 0 atom stereocenters. The second-order valence-electron chi connectivity index (χ2n) is 10.4. The highest BCUT2D eigenvalue weighted by Crippen LogP contribution is 2.32. The van der Waals surface area contributed by atoms with Gasteiger partial charge in [-0.3, -0.25) is 4.79 Å². The van der Waals surface area contributed by atoms with Crippen LogP contribution in [0.3, 0.4) is 0 Å². The van der Waals surface area contributed by atoms with E-state index in [4.69, 9.17) is 4.99 Å². The molecule has 0 spiro atoms. The van der Waals surface area contributed by atoms with Crippen molar-refractivity contribution in [2.75, 3.05) is 54.5 Å². The molecule has 41 heavy (non-hydrogen) atoms. The van der Waals surface area contributed by atoms with Crippen LogP contribution in [0.5, 0.6) is 0 Å². The Kier molecular flexibility index (Phi) is 12.0. The molecular weight excluding hydrogens is 516 g/mol. The Labute approximate surface area is 244 Å². The number of nitrogens with one attached hydrogen (secondary N) is 1. The Morgan fingerprint density at radius 1 is 0.854 bits per heavy atom. The molecule has 8 nitrogen and oxygen atoms in total. The molecule has 3 rings (SSSR count). The number of aliphatic imine (C=N–C) groups is 1. The van der Waals surface area contributed by atoms with Crippen LogP contribution in [0.2, 0.25) is 0 Å². The number of carbonyl (C=O) groups is 1. The Morgan fingerprint density at radius 3 is 2.00 bits per heavy atom. The lowest BCUT2D eigenvalue weighted by Gasteiger charge is -2.25. The van der Waals surface area contributed by atoms with Gasteiger partial charge in [0.05, 0.1) is 24.6 Å². The third kappa shape index (κ3) is 7.99. The van der Waals surface area contributed by atoms with Gasteiger partial charge in [0.1, 0.15) is 11.5 Å². The van der Waals surface area contributed by atoms with Gasteiger partial charge < -0.3 is 30.4 Å². The summed E-state index contributed by atoms with van der Waals surface area (Å²) in [5.74, 6) is -0.401. The van der Waals surface area contributed by atoms with Crippen LogP contribution in [0, 0.1) is 13.8 Å². The molecule has 0 radical (unpaired) electrons.